The molecule has 170 valence electrons. The number of carbonyl (C=O) groups is 1. The molecular weight excluding hydrogens is 409 g/mol. The SMILES string of the molecule is CC1Cc2ccc(OCCCN3CCC(c4noc5c4C=CC(F)C5)CC3)cc2NC1=O. The number of nitrogens with one attached hydrogen (secondary N) is 1. The van der Waals surface area contributed by atoms with Crippen LogP contribution in [0.2, 0.25) is 0 Å². The number of fused-ring (bicyclic) bond motifs is 2. The molecule has 6 nitrogen and oxygen atoms in total. The summed E-state index contributed by atoms with van der Waals surface area (Å²) in [5, 5.41) is 7.24. The van der Waals surface area contributed by atoms with E-state index in [1.807, 2.05) is 25.1 Å². The van der Waals surface area contributed by atoms with Crippen molar-refractivity contribution in [3.05, 3.63) is 46.9 Å². The zero-order valence-electron chi connectivity index (χ0n) is 18.5. The number of hydrogen-bond acceptors (Lipinski definition) is 5. The van der Waals surface area contributed by atoms with Crippen LogP contribution < -0.4 is 10.1 Å². The number of allylic oxidation sites excluding steroid dienone is 1. The molecule has 2 unspecified atom stereocenters. The minimum absolute atomic E-state index is 0.0204. The van der Waals surface area contributed by atoms with Gasteiger partial charge < -0.3 is 19.5 Å². The molecule has 2 atom stereocenters. The summed E-state index contributed by atoms with van der Waals surface area (Å²) in [5.74, 6) is 1.96. The van der Waals surface area contributed by atoms with Crippen molar-refractivity contribution in [2.75, 3.05) is 31.6 Å². The van der Waals surface area contributed by atoms with Gasteiger partial charge in [0, 0.05) is 42.1 Å². The second kappa shape index (κ2) is 9.06. The van der Waals surface area contributed by atoms with Gasteiger partial charge in [0.05, 0.1) is 12.3 Å². The minimum atomic E-state index is -0.962. The lowest BCUT2D eigenvalue weighted by Crippen LogP contribution is -2.34. The van der Waals surface area contributed by atoms with Crippen molar-refractivity contribution in [2.45, 2.75) is 51.1 Å². The van der Waals surface area contributed by atoms with Gasteiger partial charge in [0.2, 0.25) is 5.91 Å². The molecular formula is C25H30FN3O3. The Morgan fingerprint density at radius 1 is 1.28 bits per heavy atom. The lowest BCUT2D eigenvalue weighted by molar-refractivity contribution is -0.119. The number of aromatic nitrogens is 1. The van der Waals surface area contributed by atoms with Gasteiger partial charge in [0.1, 0.15) is 17.7 Å². The van der Waals surface area contributed by atoms with E-state index >= 15 is 0 Å². The number of halogens is 1. The molecule has 1 aromatic carbocycles. The van der Waals surface area contributed by atoms with E-state index < -0.39 is 6.17 Å². The van der Waals surface area contributed by atoms with Crippen LogP contribution in [0.1, 0.15) is 54.7 Å². The van der Waals surface area contributed by atoms with E-state index in [-0.39, 0.29) is 11.8 Å². The maximum atomic E-state index is 13.5. The van der Waals surface area contributed by atoms with E-state index in [9.17, 15) is 9.18 Å². The van der Waals surface area contributed by atoms with Crippen molar-refractivity contribution in [1.29, 1.82) is 0 Å². The maximum absolute atomic E-state index is 13.5. The summed E-state index contributed by atoms with van der Waals surface area (Å²) in [6.07, 6.45) is 6.59. The highest BCUT2D eigenvalue weighted by molar-refractivity contribution is 5.95. The number of nitrogens with zero attached hydrogens (tertiary/aromatic N) is 2. The first-order chi connectivity index (χ1) is 15.6. The van der Waals surface area contributed by atoms with Crippen LogP contribution in [0.3, 0.4) is 0 Å². The van der Waals surface area contributed by atoms with Gasteiger partial charge in [-0.05, 0) is 56.5 Å². The molecule has 0 saturated carbocycles. The molecule has 1 saturated heterocycles. The van der Waals surface area contributed by atoms with E-state index in [4.69, 9.17) is 9.26 Å². The highest BCUT2D eigenvalue weighted by atomic mass is 19.1. The van der Waals surface area contributed by atoms with Crippen LogP contribution in [0.4, 0.5) is 10.1 Å². The van der Waals surface area contributed by atoms with Crippen LogP contribution in [0.25, 0.3) is 6.08 Å². The Bertz CT molecular complexity index is 1010. The van der Waals surface area contributed by atoms with Gasteiger partial charge in [-0.15, -0.1) is 0 Å². The summed E-state index contributed by atoms with van der Waals surface area (Å²) in [6, 6.07) is 5.98. The molecule has 0 bridgehead atoms. The lowest BCUT2D eigenvalue weighted by atomic mass is 9.89. The second-order valence-electron chi connectivity index (χ2n) is 9.22. The largest absolute Gasteiger partial charge is 0.493 e. The molecule has 1 fully saturated rings. The summed E-state index contributed by atoms with van der Waals surface area (Å²) >= 11 is 0. The van der Waals surface area contributed by atoms with Gasteiger partial charge in [0.25, 0.3) is 0 Å². The number of piperidine rings is 1. The van der Waals surface area contributed by atoms with Gasteiger partial charge in [-0.3, -0.25) is 4.79 Å². The first-order valence-electron chi connectivity index (χ1n) is 11.7. The van der Waals surface area contributed by atoms with Gasteiger partial charge in [-0.2, -0.15) is 0 Å². The summed E-state index contributed by atoms with van der Waals surface area (Å²) in [4.78, 5) is 14.4. The van der Waals surface area contributed by atoms with E-state index in [2.05, 4.69) is 21.4 Å². The first-order valence-corrected chi connectivity index (χ1v) is 11.7. The van der Waals surface area contributed by atoms with Crippen molar-refractivity contribution < 1.29 is 18.4 Å². The van der Waals surface area contributed by atoms with Crippen LogP contribution in [0.15, 0.2) is 28.8 Å². The Hall–Kier alpha value is -2.67. The molecule has 1 aromatic heterocycles. The third kappa shape index (κ3) is 4.44. The standard InChI is InChI=1S/C25H30FN3O3/c1-16-13-18-3-5-20(15-22(18)27-25(16)30)31-12-2-9-29-10-7-17(8-11-29)24-21-6-4-19(26)14-23(21)32-28-24/h3-6,15-17,19H,2,7-14H2,1H3,(H,27,30). The van der Waals surface area contributed by atoms with Gasteiger partial charge >= 0.3 is 0 Å². The van der Waals surface area contributed by atoms with Crippen molar-refractivity contribution in [2.24, 2.45) is 5.92 Å². The molecule has 1 N–H and O–H groups in total. The molecule has 1 amide bonds. The lowest BCUT2D eigenvalue weighted by Gasteiger charge is -2.31. The number of anilines is 1. The molecule has 32 heavy (non-hydrogen) atoms. The van der Waals surface area contributed by atoms with Crippen molar-refractivity contribution in [3.63, 3.8) is 0 Å². The number of carbonyl (C=O) groups excluding carboxylic acids is 1. The Morgan fingerprint density at radius 3 is 2.97 bits per heavy atom. The topological polar surface area (TPSA) is 67.6 Å². The Kier molecular flexibility index (Phi) is 6.00. The number of alkyl halides is 1. The van der Waals surface area contributed by atoms with Crippen molar-refractivity contribution in [3.8, 4) is 5.75 Å². The van der Waals surface area contributed by atoms with Crippen LogP contribution in [0.5, 0.6) is 5.75 Å². The normalized spacial score (nSPS) is 23.5. The Labute approximate surface area is 187 Å². The van der Waals surface area contributed by atoms with Crippen LogP contribution >= 0.6 is 0 Å². The smallest absolute Gasteiger partial charge is 0.227 e. The Balaban J connectivity index is 1.06. The van der Waals surface area contributed by atoms with Crippen LogP contribution in [0, 0.1) is 5.92 Å². The third-order valence-electron chi connectivity index (χ3n) is 6.86. The molecule has 5 rings (SSSR count). The highest BCUT2D eigenvalue weighted by Crippen LogP contribution is 2.34. The predicted molar refractivity (Wildman–Crippen MR) is 121 cm³/mol. The fraction of sp³-hybridized carbons (Fsp3) is 0.520. The number of hydrogen-bond donors (Lipinski definition) is 1. The van der Waals surface area contributed by atoms with E-state index in [1.165, 1.54) is 5.56 Å². The fourth-order valence-electron chi connectivity index (χ4n) is 4.94. The number of benzene rings is 1. The van der Waals surface area contributed by atoms with Crippen molar-refractivity contribution in [1.82, 2.24) is 10.1 Å². The van der Waals surface area contributed by atoms with Gasteiger partial charge in [-0.25, -0.2) is 4.39 Å². The molecule has 3 aliphatic rings. The number of amides is 1. The van der Waals surface area contributed by atoms with Crippen LogP contribution in [-0.4, -0.2) is 48.4 Å². The molecule has 0 radical (unpaired) electrons. The zero-order valence-corrected chi connectivity index (χ0v) is 18.5. The van der Waals surface area contributed by atoms with E-state index in [0.717, 1.165) is 68.0 Å². The molecule has 2 aliphatic heterocycles. The first kappa shape index (κ1) is 21.2. The molecule has 0 spiro atoms. The van der Waals surface area contributed by atoms with E-state index in [1.54, 1.807) is 6.08 Å². The average Bonchev–Trinajstić information content (AvgIpc) is 3.21. The van der Waals surface area contributed by atoms with Crippen molar-refractivity contribution >= 4 is 17.7 Å². The maximum Gasteiger partial charge on any atom is 0.227 e. The zero-order chi connectivity index (χ0) is 22.1. The monoisotopic (exact) mass is 439 g/mol. The third-order valence-corrected chi connectivity index (χ3v) is 6.86. The Morgan fingerprint density at radius 2 is 2.12 bits per heavy atom. The number of likely N-dealkylation sites (tertiary alicyclic amines) is 1. The quantitative estimate of drug-likeness (QED) is 0.678. The predicted octanol–water partition coefficient (Wildman–Crippen LogP) is 4.36. The van der Waals surface area contributed by atoms with Gasteiger partial charge in [0.15, 0.2) is 0 Å². The number of rotatable bonds is 6. The summed E-state index contributed by atoms with van der Waals surface area (Å²) < 4.78 is 24.9. The molecule has 2 aromatic rings. The van der Waals surface area contributed by atoms with E-state index in [0.29, 0.717) is 24.7 Å². The highest BCUT2D eigenvalue weighted by Gasteiger charge is 2.29. The number of ether oxygens (including phenoxy) is 1. The fourth-order valence-corrected chi connectivity index (χ4v) is 4.94. The molecule has 3 heterocycles. The summed E-state index contributed by atoms with van der Waals surface area (Å²) in [7, 11) is 0. The molecule has 1 aliphatic carbocycles. The molecule has 7 heteroatoms. The van der Waals surface area contributed by atoms with Gasteiger partial charge in [-0.1, -0.05) is 24.2 Å². The summed E-state index contributed by atoms with van der Waals surface area (Å²) in [6.45, 7) is 5.62. The minimum Gasteiger partial charge on any atom is -0.493 e. The van der Waals surface area contributed by atoms with Crippen LogP contribution in [-0.2, 0) is 17.6 Å². The second-order valence-corrected chi connectivity index (χ2v) is 9.22. The average molecular weight is 440 g/mol. The summed E-state index contributed by atoms with van der Waals surface area (Å²) in [5.41, 5.74) is 4.04.